The van der Waals surface area contributed by atoms with E-state index < -0.39 is 0 Å². The molecule has 1 aromatic rings. The van der Waals surface area contributed by atoms with Gasteiger partial charge in [0.15, 0.2) is 0 Å². The Bertz CT molecular complexity index is 417. The zero-order valence-electron chi connectivity index (χ0n) is 12.6. The summed E-state index contributed by atoms with van der Waals surface area (Å²) in [7, 11) is 0. The summed E-state index contributed by atoms with van der Waals surface area (Å²) >= 11 is 0. The molecule has 0 bridgehead atoms. The lowest BCUT2D eigenvalue weighted by Crippen LogP contribution is -2.40. The maximum atomic E-state index is 11.8. The van der Waals surface area contributed by atoms with Crippen LogP contribution in [0.2, 0.25) is 0 Å². The summed E-state index contributed by atoms with van der Waals surface area (Å²) in [6, 6.07) is -0.0480. The van der Waals surface area contributed by atoms with Gasteiger partial charge in [0.25, 0.3) is 0 Å². The number of aromatic nitrogens is 2. The van der Waals surface area contributed by atoms with Crippen molar-refractivity contribution in [2.45, 2.75) is 59.2 Å². The highest BCUT2D eigenvalue weighted by molar-refractivity contribution is 5.76. The highest BCUT2D eigenvalue weighted by atomic mass is 16.1. The molecule has 1 unspecified atom stereocenters. The molecule has 3 N–H and O–H groups in total. The van der Waals surface area contributed by atoms with Crippen LogP contribution >= 0.6 is 0 Å². The summed E-state index contributed by atoms with van der Waals surface area (Å²) in [6.45, 7) is 10.7. The third kappa shape index (κ3) is 5.03. The maximum Gasteiger partial charge on any atom is 0.222 e. The smallest absolute Gasteiger partial charge is 0.222 e. The first kappa shape index (κ1) is 15.7. The van der Waals surface area contributed by atoms with E-state index in [2.05, 4.69) is 24.1 Å². The molecular weight excluding hydrogens is 240 g/mol. The number of nitrogens with one attached hydrogen (secondary N) is 1. The third-order valence-electron chi connectivity index (χ3n) is 2.90. The van der Waals surface area contributed by atoms with Crippen molar-refractivity contribution in [1.82, 2.24) is 14.9 Å². The Morgan fingerprint density at radius 2 is 2.11 bits per heavy atom. The second-order valence-corrected chi connectivity index (χ2v) is 6.33. The molecule has 0 spiro atoms. The van der Waals surface area contributed by atoms with Crippen molar-refractivity contribution < 1.29 is 4.79 Å². The second kappa shape index (κ2) is 6.19. The van der Waals surface area contributed by atoms with E-state index in [1.807, 2.05) is 25.3 Å². The minimum Gasteiger partial charge on any atom is -0.351 e. The standard InChI is InChI=1S/C14H26N4O/c1-10(2)13(15)11-8-16-9-18(11)7-6-12(19)17-14(3,4)5/h8-10,13H,6-7,15H2,1-5H3,(H,17,19). The quantitative estimate of drug-likeness (QED) is 0.854. The monoisotopic (exact) mass is 266 g/mol. The number of hydrogen-bond donors (Lipinski definition) is 2. The van der Waals surface area contributed by atoms with Gasteiger partial charge in [-0.3, -0.25) is 4.79 Å². The van der Waals surface area contributed by atoms with E-state index >= 15 is 0 Å². The molecule has 1 atom stereocenters. The molecule has 5 nitrogen and oxygen atoms in total. The van der Waals surface area contributed by atoms with Gasteiger partial charge in [0.1, 0.15) is 0 Å². The van der Waals surface area contributed by atoms with Gasteiger partial charge in [-0.2, -0.15) is 0 Å². The van der Waals surface area contributed by atoms with Gasteiger partial charge >= 0.3 is 0 Å². The molecule has 19 heavy (non-hydrogen) atoms. The molecule has 0 aromatic carbocycles. The number of imidazole rings is 1. The van der Waals surface area contributed by atoms with Gasteiger partial charge < -0.3 is 15.6 Å². The summed E-state index contributed by atoms with van der Waals surface area (Å²) in [4.78, 5) is 15.9. The minimum absolute atomic E-state index is 0.0465. The van der Waals surface area contributed by atoms with E-state index in [-0.39, 0.29) is 17.5 Å². The van der Waals surface area contributed by atoms with Crippen molar-refractivity contribution in [2.24, 2.45) is 11.7 Å². The molecule has 0 saturated carbocycles. The highest BCUT2D eigenvalue weighted by Gasteiger charge is 2.17. The molecule has 5 heteroatoms. The summed E-state index contributed by atoms with van der Waals surface area (Å²) in [5.74, 6) is 0.393. The van der Waals surface area contributed by atoms with Crippen LogP contribution < -0.4 is 11.1 Å². The molecule has 1 amide bonds. The predicted octanol–water partition coefficient (Wildman–Crippen LogP) is 1.84. The molecule has 0 aliphatic heterocycles. The largest absolute Gasteiger partial charge is 0.351 e. The van der Waals surface area contributed by atoms with Crippen molar-refractivity contribution in [3.05, 3.63) is 18.2 Å². The third-order valence-corrected chi connectivity index (χ3v) is 2.90. The molecule has 0 aliphatic rings. The van der Waals surface area contributed by atoms with E-state index in [1.165, 1.54) is 0 Å². The number of nitrogens with two attached hydrogens (primary N) is 1. The fourth-order valence-corrected chi connectivity index (χ4v) is 1.84. The predicted molar refractivity (Wildman–Crippen MR) is 76.5 cm³/mol. The van der Waals surface area contributed by atoms with Crippen LogP contribution in [0.3, 0.4) is 0 Å². The van der Waals surface area contributed by atoms with Crippen LogP contribution in [0.5, 0.6) is 0 Å². The zero-order chi connectivity index (χ0) is 14.6. The van der Waals surface area contributed by atoms with Crippen molar-refractivity contribution in [1.29, 1.82) is 0 Å². The first-order valence-electron chi connectivity index (χ1n) is 6.77. The summed E-state index contributed by atoms with van der Waals surface area (Å²) in [6.07, 6.45) is 3.96. The summed E-state index contributed by atoms with van der Waals surface area (Å²) in [5, 5.41) is 2.95. The van der Waals surface area contributed by atoms with E-state index in [9.17, 15) is 4.79 Å². The average molecular weight is 266 g/mol. The molecule has 1 heterocycles. The number of carbonyl (C=O) groups is 1. The Morgan fingerprint density at radius 1 is 1.47 bits per heavy atom. The lowest BCUT2D eigenvalue weighted by Gasteiger charge is -2.21. The molecule has 1 rings (SSSR count). The molecular formula is C14H26N4O. The normalized spacial score (nSPS) is 13.6. The van der Waals surface area contributed by atoms with Crippen LogP contribution in [0, 0.1) is 5.92 Å². The number of carbonyl (C=O) groups excluding carboxylic acids is 1. The maximum absolute atomic E-state index is 11.8. The van der Waals surface area contributed by atoms with Gasteiger partial charge in [-0.1, -0.05) is 13.8 Å². The first-order chi connectivity index (χ1) is 8.70. The Morgan fingerprint density at radius 3 is 2.63 bits per heavy atom. The van der Waals surface area contributed by atoms with Crippen molar-refractivity contribution in [3.8, 4) is 0 Å². The van der Waals surface area contributed by atoms with Crippen LogP contribution in [0.15, 0.2) is 12.5 Å². The average Bonchev–Trinajstić information content (AvgIpc) is 2.70. The van der Waals surface area contributed by atoms with Gasteiger partial charge in [0.05, 0.1) is 12.0 Å². The fraction of sp³-hybridized carbons (Fsp3) is 0.714. The Labute approximate surface area is 115 Å². The van der Waals surface area contributed by atoms with Gasteiger partial charge in [-0.15, -0.1) is 0 Å². The van der Waals surface area contributed by atoms with Gasteiger partial charge in [0.2, 0.25) is 5.91 Å². The molecule has 0 radical (unpaired) electrons. The summed E-state index contributed by atoms with van der Waals surface area (Å²) in [5.41, 5.74) is 6.92. The SMILES string of the molecule is CC(C)C(N)c1cncn1CCC(=O)NC(C)(C)C. The number of nitrogens with zero attached hydrogens (tertiary/aromatic N) is 2. The van der Waals surface area contributed by atoms with Gasteiger partial charge in [-0.05, 0) is 26.7 Å². The number of rotatable bonds is 5. The summed E-state index contributed by atoms with van der Waals surface area (Å²) < 4.78 is 1.97. The highest BCUT2D eigenvalue weighted by Crippen LogP contribution is 2.18. The number of amides is 1. The molecule has 0 saturated heterocycles. The molecule has 0 aliphatic carbocycles. The first-order valence-corrected chi connectivity index (χ1v) is 6.77. The van der Waals surface area contributed by atoms with E-state index in [0.717, 1.165) is 5.69 Å². The van der Waals surface area contributed by atoms with Gasteiger partial charge in [0, 0.05) is 30.7 Å². The van der Waals surface area contributed by atoms with Crippen molar-refractivity contribution >= 4 is 5.91 Å². The topological polar surface area (TPSA) is 72.9 Å². The second-order valence-electron chi connectivity index (χ2n) is 6.33. The Balaban J connectivity index is 2.59. The Hall–Kier alpha value is -1.36. The Kier molecular flexibility index (Phi) is 5.11. The lowest BCUT2D eigenvalue weighted by atomic mass is 10.0. The zero-order valence-corrected chi connectivity index (χ0v) is 12.6. The van der Waals surface area contributed by atoms with Crippen LogP contribution in [0.4, 0.5) is 0 Å². The van der Waals surface area contributed by atoms with Crippen LogP contribution in [-0.4, -0.2) is 21.0 Å². The minimum atomic E-state index is -0.191. The number of hydrogen-bond acceptors (Lipinski definition) is 3. The van der Waals surface area contributed by atoms with E-state index in [0.29, 0.717) is 18.9 Å². The molecule has 1 aromatic heterocycles. The van der Waals surface area contributed by atoms with Crippen LogP contribution in [0.1, 0.15) is 52.8 Å². The fourth-order valence-electron chi connectivity index (χ4n) is 1.84. The lowest BCUT2D eigenvalue weighted by molar-refractivity contribution is -0.122. The number of aryl methyl sites for hydroxylation is 1. The van der Waals surface area contributed by atoms with Gasteiger partial charge in [-0.25, -0.2) is 4.98 Å². The molecule has 108 valence electrons. The van der Waals surface area contributed by atoms with Crippen molar-refractivity contribution in [2.75, 3.05) is 0 Å². The molecule has 0 fully saturated rings. The van der Waals surface area contributed by atoms with E-state index in [4.69, 9.17) is 5.73 Å². The van der Waals surface area contributed by atoms with Crippen LogP contribution in [-0.2, 0) is 11.3 Å². The van der Waals surface area contributed by atoms with E-state index in [1.54, 1.807) is 12.5 Å². The van der Waals surface area contributed by atoms with Crippen LogP contribution in [0.25, 0.3) is 0 Å². The van der Waals surface area contributed by atoms with Crippen molar-refractivity contribution in [3.63, 3.8) is 0 Å².